The standard InChI is InChI=1S/C18H19NO2/c1-13-9-10-21-12-17(13)16-11-15(20)7-8-18(16)19-14-5-3-2-4-6-14/h2-9,11,17,19-20H,10,12H2,1H3. The molecule has 3 nitrogen and oxygen atoms in total. The Kier molecular flexibility index (Phi) is 3.93. The molecule has 0 spiro atoms. The molecule has 3 rings (SSSR count). The van der Waals surface area contributed by atoms with Crippen molar-refractivity contribution in [1.82, 2.24) is 0 Å². The van der Waals surface area contributed by atoms with E-state index in [4.69, 9.17) is 4.74 Å². The first-order valence-corrected chi connectivity index (χ1v) is 7.13. The van der Waals surface area contributed by atoms with Gasteiger partial charge in [-0.1, -0.05) is 29.8 Å². The summed E-state index contributed by atoms with van der Waals surface area (Å²) in [6.45, 7) is 3.43. The minimum atomic E-state index is 0.178. The van der Waals surface area contributed by atoms with Gasteiger partial charge in [-0.05, 0) is 42.8 Å². The molecule has 21 heavy (non-hydrogen) atoms. The monoisotopic (exact) mass is 281 g/mol. The lowest BCUT2D eigenvalue weighted by molar-refractivity contribution is 0.141. The van der Waals surface area contributed by atoms with Crippen molar-refractivity contribution in [3.05, 3.63) is 65.7 Å². The predicted molar refractivity (Wildman–Crippen MR) is 85.1 cm³/mol. The number of aromatic hydroxyl groups is 1. The second-order valence-corrected chi connectivity index (χ2v) is 5.30. The van der Waals surface area contributed by atoms with Gasteiger partial charge in [0.25, 0.3) is 0 Å². The maximum absolute atomic E-state index is 9.83. The summed E-state index contributed by atoms with van der Waals surface area (Å²) in [6, 6.07) is 15.5. The Morgan fingerprint density at radius 3 is 2.71 bits per heavy atom. The highest BCUT2D eigenvalue weighted by molar-refractivity contribution is 5.66. The molecule has 108 valence electrons. The third kappa shape index (κ3) is 3.09. The molecular formula is C18H19NO2. The minimum Gasteiger partial charge on any atom is -0.508 e. The average molecular weight is 281 g/mol. The van der Waals surface area contributed by atoms with Gasteiger partial charge >= 0.3 is 0 Å². The van der Waals surface area contributed by atoms with Crippen LogP contribution in [0.5, 0.6) is 5.75 Å². The largest absolute Gasteiger partial charge is 0.508 e. The maximum Gasteiger partial charge on any atom is 0.116 e. The highest BCUT2D eigenvalue weighted by Gasteiger charge is 2.20. The van der Waals surface area contributed by atoms with Crippen molar-refractivity contribution < 1.29 is 9.84 Å². The van der Waals surface area contributed by atoms with E-state index in [2.05, 4.69) is 18.3 Å². The average Bonchev–Trinajstić information content (AvgIpc) is 2.51. The molecule has 1 heterocycles. The van der Waals surface area contributed by atoms with Crippen LogP contribution in [-0.2, 0) is 4.74 Å². The fourth-order valence-electron chi connectivity index (χ4n) is 2.61. The Balaban J connectivity index is 1.97. The molecule has 1 atom stereocenters. The van der Waals surface area contributed by atoms with Crippen molar-refractivity contribution in [3.8, 4) is 5.75 Å². The number of nitrogens with one attached hydrogen (secondary N) is 1. The maximum atomic E-state index is 9.83. The molecule has 1 aliphatic heterocycles. The second-order valence-electron chi connectivity index (χ2n) is 5.30. The fourth-order valence-corrected chi connectivity index (χ4v) is 2.61. The van der Waals surface area contributed by atoms with Gasteiger partial charge in [0.15, 0.2) is 0 Å². The van der Waals surface area contributed by atoms with E-state index >= 15 is 0 Å². The van der Waals surface area contributed by atoms with E-state index in [0.717, 1.165) is 16.9 Å². The molecule has 0 saturated carbocycles. The second kappa shape index (κ2) is 6.02. The van der Waals surface area contributed by atoms with Crippen LogP contribution in [0.2, 0.25) is 0 Å². The van der Waals surface area contributed by atoms with E-state index in [9.17, 15) is 5.11 Å². The summed E-state index contributed by atoms with van der Waals surface area (Å²) < 4.78 is 5.57. The summed E-state index contributed by atoms with van der Waals surface area (Å²) in [5.41, 5.74) is 4.38. The Bertz CT molecular complexity index is 650. The Morgan fingerprint density at radius 1 is 1.14 bits per heavy atom. The third-order valence-corrected chi connectivity index (χ3v) is 3.82. The summed E-state index contributed by atoms with van der Waals surface area (Å²) in [4.78, 5) is 0. The van der Waals surface area contributed by atoms with Gasteiger partial charge in [0.2, 0.25) is 0 Å². The van der Waals surface area contributed by atoms with Crippen molar-refractivity contribution in [1.29, 1.82) is 0 Å². The number of benzene rings is 2. The molecule has 0 aromatic heterocycles. The summed E-state index contributed by atoms with van der Waals surface area (Å²) in [5, 5.41) is 13.3. The Morgan fingerprint density at radius 2 is 1.95 bits per heavy atom. The quantitative estimate of drug-likeness (QED) is 0.654. The Hall–Kier alpha value is -2.26. The number of ether oxygens (including phenoxy) is 1. The molecule has 2 N–H and O–H groups in total. The number of phenolic OH excluding ortho intramolecular Hbond substituents is 1. The summed E-state index contributed by atoms with van der Waals surface area (Å²) in [5.74, 6) is 0.457. The summed E-state index contributed by atoms with van der Waals surface area (Å²) in [7, 11) is 0. The van der Waals surface area contributed by atoms with E-state index in [1.54, 1.807) is 6.07 Å². The summed E-state index contributed by atoms with van der Waals surface area (Å²) in [6.07, 6.45) is 2.10. The van der Waals surface area contributed by atoms with Gasteiger partial charge in [-0.15, -0.1) is 0 Å². The molecule has 2 aromatic carbocycles. The summed E-state index contributed by atoms with van der Waals surface area (Å²) >= 11 is 0. The molecule has 0 fully saturated rings. The molecule has 3 heteroatoms. The molecule has 0 bridgehead atoms. The van der Waals surface area contributed by atoms with E-state index in [1.165, 1.54) is 5.57 Å². The first kappa shape index (κ1) is 13.7. The zero-order chi connectivity index (χ0) is 14.7. The van der Waals surface area contributed by atoms with Crippen molar-refractivity contribution in [2.75, 3.05) is 18.5 Å². The molecule has 1 unspecified atom stereocenters. The van der Waals surface area contributed by atoms with Gasteiger partial charge in [-0.3, -0.25) is 0 Å². The van der Waals surface area contributed by atoms with Gasteiger partial charge in [-0.25, -0.2) is 0 Å². The van der Waals surface area contributed by atoms with Crippen LogP contribution < -0.4 is 5.32 Å². The third-order valence-electron chi connectivity index (χ3n) is 3.82. The lowest BCUT2D eigenvalue weighted by Gasteiger charge is -2.25. The van der Waals surface area contributed by atoms with Gasteiger partial charge in [0.05, 0.1) is 13.2 Å². The zero-order valence-corrected chi connectivity index (χ0v) is 12.0. The van der Waals surface area contributed by atoms with Crippen LogP contribution in [0.25, 0.3) is 0 Å². The number of hydrogen-bond donors (Lipinski definition) is 2. The lowest BCUT2D eigenvalue weighted by Crippen LogP contribution is -2.16. The molecule has 0 amide bonds. The normalized spacial score (nSPS) is 18.1. The number of rotatable bonds is 3. The minimum absolute atomic E-state index is 0.178. The van der Waals surface area contributed by atoms with Crippen LogP contribution in [0.15, 0.2) is 60.2 Å². The van der Waals surface area contributed by atoms with Crippen molar-refractivity contribution >= 4 is 11.4 Å². The topological polar surface area (TPSA) is 41.5 Å². The molecular weight excluding hydrogens is 262 g/mol. The van der Waals surface area contributed by atoms with Crippen LogP contribution >= 0.6 is 0 Å². The van der Waals surface area contributed by atoms with Crippen LogP contribution in [0, 0.1) is 0 Å². The number of hydrogen-bond acceptors (Lipinski definition) is 3. The van der Waals surface area contributed by atoms with Gasteiger partial charge < -0.3 is 15.2 Å². The van der Waals surface area contributed by atoms with Crippen LogP contribution in [0.4, 0.5) is 11.4 Å². The highest BCUT2D eigenvalue weighted by atomic mass is 16.5. The predicted octanol–water partition coefficient (Wildman–Crippen LogP) is 4.20. The molecule has 1 aliphatic rings. The van der Waals surface area contributed by atoms with E-state index < -0.39 is 0 Å². The van der Waals surface area contributed by atoms with E-state index in [-0.39, 0.29) is 11.7 Å². The fraction of sp³-hybridized carbons (Fsp3) is 0.222. The van der Waals surface area contributed by atoms with Crippen LogP contribution in [-0.4, -0.2) is 18.3 Å². The Labute approximate surface area is 124 Å². The van der Waals surface area contributed by atoms with Crippen LogP contribution in [0.1, 0.15) is 18.4 Å². The van der Waals surface area contributed by atoms with Crippen molar-refractivity contribution in [2.24, 2.45) is 0 Å². The van der Waals surface area contributed by atoms with Crippen LogP contribution in [0.3, 0.4) is 0 Å². The van der Waals surface area contributed by atoms with E-state index in [1.807, 2.05) is 42.5 Å². The smallest absolute Gasteiger partial charge is 0.116 e. The number of phenols is 1. The molecule has 2 aromatic rings. The molecule has 0 radical (unpaired) electrons. The molecule has 0 saturated heterocycles. The SMILES string of the molecule is CC1=CCOCC1c1cc(O)ccc1Nc1ccccc1. The van der Waals surface area contributed by atoms with Crippen molar-refractivity contribution in [3.63, 3.8) is 0 Å². The lowest BCUT2D eigenvalue weighted by atomic mass is 9.90. The first-order valence-electron chi connectivity index (χ1n) is 7.13. The van der Waals surface area contributed by atoms with Gasteiger partial charge in [0.1, 0.15) is 5.75 Å². The zero-order valence-electron chi connectivity index (χ0n) is 12.0. The highest BCUT2D eigenvalue weighted by Crippen LogP contribution is 2.35. The van der Waals surface area contributed by atoms with Crippen molar-refractivity contribution in [2.45, 2.75) is 12.8 Å². The first-order chi connectivity index (χ1) is 10.2. The molecule has 0 aliphatic carbocycles. The number of para-hydroxylation sites is 1. The van der Waals surface area contributed by atoms with Gasteiger partial charge in [-0.2, -0.15) is 0 Å². The number of anilines is 2. The van der Waals surface area contributed by atoms with E-state index in [0.29, 0.717) is 13.2 Å². The van der Waals surface area contributed by atoms with Gasteiger partial charge in [0, 0.05) is 17.3 Å².